The van der Waals surface area contributed by atoms with E-state index < -0.39 is 0 Å². The molecule has 0 aliphatic rings. The highest BCUT2D eigenvalue weighted by Gasteiger charge is 2.03. The van der Waals surface area contributed by atoms with Crippen LogP contribution < -0.4 is 0 Å². The molecule has 0 saturated carbocycles. The number of benzene rings is 1. The third-order valence-electron chi connectivity index (χ3n) is 6.48. The smallest absolute Gasteiger partial charge is 0.159 e. The molecule has 0 amide bonds. The summed E-state index contributed by atoms with van der Waals surface area (Å²) in [6, 6.07) is 8.89. The SMILES string of the molecule is CCCCCCCCCc1cnc(-c2ccc(CCCCCCCCC(C)C)cc2)nc1. The summed E-state index contributed by atoms with van der Waals surface area (Å²) in [7, 11) is 0. The molecule has 1 aromatic heterocycles. The van der Waals surface area contributed by atoms with Gasteiger partial charge in [-0.25, -0.2) is 9.97 Å². The molecule has 0 radical (unpaired) electrons. The van der Waals surface area contributed by atoms with Crippen LogP contribution in [0.25, 0.3) is 11.4 Å². The van der Waals surface area contributed by atoms with E-state index in [9.17, 15) is 0 Å². The van der Waals surface area contributed by atoms with Crippen LogP contribution >= 0.6 is 0 Å². The Hall–Kier alpha value is -1.70. The van der Waals surface area contributed by atoms with Crippen molar-refractivity contribution in [3.05, 3.63) is 47.8 Å². The highest BCUT2D eigenvalue weighted by Crippen LogP contribution is 2.18. The van der Waals surface area contributed by atoms with Gasteiger partial charge in [-0.2, -0.15) is 0 Å². The highest BCUT2D eigenvalue weighted by atomic mass is 14.9. The van der Waals surface area contributed by atoms with Crippen LogP contribution in [0.5, 0.6) is 0 Å². The summed E-state index contributed by atoms with van der Waals surface area (Å²) in [5, 5.41) is 0. The van der Waals surface area contributed by atoms with Gasteiger partial charge in [-0.05, 0) is 42.7 Å². The molecule has 0 aliphatic carbocycles. The van der Waals surface area contributed by atoms with Crippen molar-refractivity contribution in [1.82, 2.24) is 9.97 Å². The van der Waals surface area contributed by atoms with Crippen molar-refractivity contribution < 1.29 is 0 Å². The van der Waals surface area contributed by atoms with Crippen LogP contribution in [0, 0.1) is 5.92 Å². The van der Waals surface area contributed by atoms with Crippen molar-refractivity contribution in [1.29, 1.82) is 0 Å². The molecule has 1 aromatic carbocycles. The Morgan fingerprint density at radius 3 is 1.66 bits per heavy atom. The first-order chi connectivity index (χ1) is 15.7. The quantitative estimate of drug-likeness (QED) is 0.217. The second-order valence-corrected chi connectivity index (χ2v) is 10.0. The van der Waals surface area contributed by atoms with E-state index in [4.69, 9.17) is 0 Å². The van der Waals surface area contributed by atoms with Gasteiger partial charge in [0.25, 0.3) is 0 Å². The van der Waals surface area contributed by atoms with Crippen LogP contribution in [-0.2, 0) is 12.8 Å². The molecule has 2 aromatic rings. The second kappa shape index (κ2) is 16.9. The molecule has 0 aliphatic heterocycles. The van der Waals surface area contributed by atoms with E-state index in [1.54, 1.807) is 0 Å². The van der Waals surface area contributed by atoms with Gasteiger partial charge in [0.1, 0.15) is 0 Å². The van der Waals surface area contributed by atoms with Crippen LogP contribution in [-0.4, -0.2) is 9.97 Å². The maximum atomic E-state index is 4.63. The number of hydrogen-bond acceptors (Lipinski definition) is 2. The summed E-state index contributed by atoms with van der Waals surface area (Å²) < 4.78 is 0. The zero-order chi connectivity index (χ0) is 22.9. The lowest BCUT2D eigenvalue weighted by atomic mass is 10.0. The fourth-order valence-electron chi connectivity index (χ4n) is 4.33. The summed E-state index contributed by atoms with van der Waals surface area (Å²) in [5.74, 6) is 1.71. The van der Waals surface area contributed by atoms with Gasteiger partial charge in [-0.15, -0.1) is 0 Å². The largest absolute Gasteiger partial charge is 0.236 e. The van der Waals surface area contributed by atoms with E-state index >= 15 is 0 Å². The lowest BCUT2D eigenvalue weighted by Gasteiger charge is -2.06. The van der Waals surface area contributed by atoms with Crippen LogP contribution in [0.3, 0.4) is 0 Å². The maximum Gasteiger partial charge on any atom is 0.159 e. The number of rotatable bonds is 18. The van der Waals surface area contributed by atoms with Gasteiger partial charge in [0.2, 0.25) is 0 Å². The molecule has 2 heteroatoms. The van der Waals surface area contributed by atoms with Crippen molar-refractivity contribution in [3.8, 4) is 11.4 Å². The Labute approximate surface area is 198 Å². The average molecular weight is 437 g/mol. The van der Waals surface area contributed by atoms with Crippen molar-refractivity contribution in [2.45, 2.75) is 124 Å². The molecule has 0 bridgehead atoms. The van der Waals surface area contributed by atoms with Gasteiger partial charge in [0.15, 0.2) is 5.82 Å². The van der Waals surface area contributed by atoms with E-state index in [1.165, 1.54) is 107 Å². The van der Waals surface area contributed by atoms with Gasteiger partial charge in [-0.1, -0.05) is 122 Å². The van der Waals surface area contributed by atoms with E-state index in [1.807, 2.05) is 12.4 Å². The maximum absolute atomic E-state index is 4.63. The molecule has 0 atom stereocenters. The second-order valence-electron chi connectivity index (χ2n) is 10.0. The van der Waals surface area contributed by atoms with E-state index in [0.29, 0.717) is 0 Å². The third-order valence-corrected chi connectivity index (χ3v) is 6.48. The minimum absolute atomic E-state index is 0.848. The molecule has 2 rings (SSSR count). The highest BCUT2D eigenvalue weighted by molar-refractivity contribution is 5.55. The predicted molar refractivity (Wildman–Crippen MR) is 140 cm³/mol. The zero-order valence-electron chi connectivity index (χ0n) is 21.2. The minimum Gasteiger partial charge on any atom is -0.236 e. The summed E-state index contributed by atoms with van der Waals surface area (Å²) >= 11 is 0. The molecule has 0 spiro atoms. The number of aryl methyl sites for hydroxylation is 2. The van der Waals surface area contributed by atoms with E-state index in [2.05, 4.69) is 55.0 Å². The van der Waals surface area contributed by atoms with E-state index in [0.717, 1.165) is 23.7 Å². The normalized spacial score (nSPS) is 11.4. The van der Waals surface area contributed by atoms with Gasteiger partial charge in [-0.3, -0.25) is 0 Å². The first kappa shape index (κ1) is 26.6. The monoisotopic (exact) mass is 436 g/mol. The fraction of sp³-hybridized carbons (Fsp3) is 0.667. The Balaban J connectivity index is 1.61. The lowest BCUT2D eigenvalue weighted by Crippen LogP contribution is -1.94. The van der Waals surface area contributed by atoms with Crippen molar-refractivity contribution in [2.24, 2.45) is 5.92 Å². The summed E-state index contributed by atoms with van der Waals surface area (Å²) in [6.45, 7) is 6.92. The third kappa shape index (κ3) is 11.8. The van der Waals surface area contributed by atoms with Gasteiger partial charge in [0, 0.05) is 18.0 Å². The van der Waals surface area contributed by atoms with Crippen molar-refractivity contribution in [3.63, 3.8) is 0 Å². The summed E-state index contributed by atoms with van der Waals surface area (Å²) in [4.78, 5) is 9.26. The number of hydrogen-bond donors (Lipinski definition) is 0. The van der Waals surface area contributed by atoms with Crippen molar-refractivity contribution in [2.75, 3.05) is 0 Å². The van der Waals surface area contributed by atoms with Gasteiger partial charge >= 0.3 is 0 Å². The first-order valence-electron chi connectivity index (χ1n) is 13.6. The molecular weight excluding hydrogens is 388 g/mol. The Morgan fingerprint density at radius 1 is 0.594 bits per heavy atom. The molecule has 0 unspecified atom stereocenters. The molecule has 0 fully saturated rings. The molecule has 32 heavy (non-hydrogen) atoms. The molecule has 1 heterocycles. The minimum atomic E-state index is 0.848. The zero-order valence-corrected chi connectivity index (χ0v) is 21.2. The molecule has 178 valence electrons. The number of unbranched alkanes of at least 4 members (excludes halogenated alkanes) is 11. The first-order valence-corrected chi connectivity index (χ1v) is 13.6. The van der Waals surface area contributed by atoms with Gasteiger partial charge < -0.3 is 0 Å². The predicted octanol–water partition coefficient (Wildman–Crippen LogP) is 9.37. The Bertz CT molecular complexity index is 688. The fourth-order valence-corrected chi connectivity index (χ4v) is 4.33. The molecule has 0 N–H and O–H groups in total. The Morgan fingerprint density at radius 2 is 1.09 bits per heavy atom. The van der Waals surface area contributed by atoms with Crippen LogP contribution in [0.4, 0.5) is 0 Å². The molecule has 2 nitrogen and oxygen atoms in total. The van der Waals surface area contributed by atoms with Crippen LogP contribution in [0.15, 0.2) is 36.7 Å². The van der Waals surface area contributed by atoms with E-state index in [-0.39, 0.29) is 0 Å². The van der Waals surface area contributed by atoms with Crippen LogP contribution in [0.1, 0.15) is 122 Å². The average Bonchev–Trinajstić information content (AvgIpc) is 2.81. The standard InChI is InChI=1S/C30H48N2/c1-4-5-6-7-8-13-16-19-28-24-31-30(32-25-28)29-22-20-27(21-23-29)18-15-12-10-9-11-14-17-26(2)3/h20-26H,4-19H2,1-3H3. The topological polar surface area (TPSA) is 25.8 Å². The molecule has 0 saturated heterocycles. The summed E-state index contributed by atoms with van der Waals surface area (Å²) in [5.41, 5.74) is 3.83. The van der Waals surface area contributed by atoms with Crippen molar-refractivity contribution >= 4 is 0 Å². The molecular formula is C30H48N2. The Kier molecular flexibility index (Phi) is 14.0. The lowest BCUT2D eigenvalue weighted by molar-refractivity contribution is 0.511. The van der Waals surface area contributed by atoms with Gasteiger partial charge in [0.05, 0.1) is 0 Å². The number of aromatic nitrogens is 2. The van der Waals surface area contributed by atoms with Crippen LogP contribution in [0.2, 0.25) is 0 Å². The number of nitrogens with zero attached hydrogens (tertiary/aromatic N) is 2. The summed E-state index contributed by atoms with van der Waals surface area (Å²) in [6.07, 6.45) is 25.4.